The second-order valence-electron chi connectivity index (χ2n) is 3.46. The van der Waals surface area contributed by atoms with Crippen LogP contribution in [0.4, 0.5) is 0 Å². The van der Waals surface area contributed by atoms with Gasteiger partial charge in [0.1, 0.15) is 0 Å². The van der Waals surface area contributed by atoms with Crippen molar-refractivity contribution >= 4 is 28.8 Å². The number of thioether (sulfide) groups is 1. The van der Waals surface area contributed by atoms with Crippen LogP contribution in [0.15, 0.2) is 29.4 Å². The number of ether oxygens (including phenoxy) is 1. The first-order chi connectivity index (χ1) is 8.29. The van der Waals surface area contributed by atoms with E-state index in [-0.39, 0.29) is 5.97 Å². The minimum absolute atomic E-state index is 0.156. The molecule has 0 aliphatic carbocycles. The van der Waals surface area contributed by atoms with Crippen LogP contribution in [0.25, 0.3) is 11.0 Å². The maximum Gasteiger partial charge on any atom is 0.306 e. The van der Waals surface area contributed by atoms with Gasteiger partial charge in [0.2, 0.25) is 0 Å². The Balaban J connectivity index is 1.89. The summed E-state index contributed by atoms with van der Waals surface area (Å²) in [4.78, 5) is 18.8. The molecule has 2 aromatic rings. The van der Waals surface area contributed by atoms with Crippen LogP contribution in [0.5, 0.6) is 0 Å². The number of H-pyrrole nitrogens is 1. The standard InChI is InChI=1S/C12H14N2O2S/c1-2-16-11(15)7-8-17-12-13-9-5-3-4-6-10(9)14-12/h3-6H,2,7-8H2,1H3,(H,13,14). The molecule has 4 nitrogen and oxygen atoms in total. The number of nitrogens with zero attached hydrogens (tertiary/aromatic N) is 1. The second-order valence-corrected chi connectivity index (χ2v) is 4.55. The fourth-order valence-electron chi connectivity index (χ4n) is 1.46. The van der Waals surface area contributed by atoms with Crippen LogP contribution < -0.4 is 0 Å². The number of rotatable bonds is 5. The van der Waals surface area contributed by atoms with Gasteiger partial charge in [-0.2, -0.15) is 0 Å². The van der Waals surface area contributed by atoms with Crippen LogP contribution >= 0.6 is 11.8 Å². The van der Waals surface area contributed by atoms with Gasteiger partial charge in [0.25, 0.3) is 0 Å². The fraction of sp³-hybridized carbons (Fsp3) is 0.333. The molecule has 0 amide bonds. The lowest BCUT2D eigenvalue weighted by atomic mass is 10.3. The summed E-state index contributed by atoms with van der Waals surface area (Å²) < 4.78 is 4.86. The van der Waals surface area contributed by atoms with Crippen LogP contribution in [0, 0.1) is 0 Å². The predicted octanol–water partition coefficient (Wildman–Crippen LogP) is 2.61. The van der Waals surface area contributed by atoms with E-state index in [4.69, 9.17) is 4.74 Å². The summed E-state index contributed by atoms with van der Waals surface area (Å²) in [5.74, 6) is 0.523. The van der Waals surface area contributed by atoms with Gasteiger partial charge in [0, 0.05) is 5.75 Å². The summed E-state index contributed by atoms with van der Waals surface area (Å²) in [6.07, 6.45) is 0.412. The predicted molar refractivity (Wildman–Crippen MR) is 68.1 cm³/mol. The number of hydrogen-bond donors (Lipinski definition) is 1. The highest BCUT2D eigenvalue weighted by atomic mass is 32.2. The lowest BCUT2D eigenvalue weighted by Crippen LogP contribution is -2.04. The molecule has 0 saturated carbocycles. The van der Waals surface area contributed by atoms with Crippen molar-refractivity contribution in [3.05, 3.63) is 24.3 Å². The quantitative estimate of drug-likeness (QED) is 0.654. The third-order valence-electron chi connectivity index (χ3n) is 2.22. The van der Waals surface area contributed by atoms with Crippen molar-refractivity contribution in [2.24, 2.45) is 0 Å². The smallest absolute Gasteiger partial charge is 0.306 e. The third-order valence-corrected chi connectivity index (χ3v) is 3.09. The van der Waals surface area contributed by atoms with Crippen LogP contribution in [0.1, 0.15) is 13.3 Å². The summed E-state index contributed by atoms with van der Waals surface area (Å²) in [5.41, 5.74) is 1.97. The van der Waals surface area contributed by atoms with E-state index < -0.39 is 0 Å². The maximum absolute atomic E-state index is 11.1. The Kier molecular flexibility index (Phi) is 4.03. The molecule has 0 spiro atoms. The summed E-state index contributed by atoms with van der Waals surface area (Å²) in [6, 6.07) is 7.86. The lowest BCUT2D eigenvalue weighted by Gasteiger charge is -1.99. The van der Waals surface area contributed by atoms with Crippen molar-refractivity contribution in [3.63, 3.8) is 0 Å². The molecule has 0 aliphatic heterocycles. The number of fused-ring (bicyclic) bond motifs is 1. The van der Waals surface area contributed by atoms with Crippen LogP contribution in [-0.4, -0.2) is 28.3 Å². The van der Waals surface area contributed by atoms with Gasteiger partial charge in [-0.3, -0.25) is 4.79 Å². The van der Waals surface area contributed by atoms with E-state index in [0.29, 0.717) is 18.8 Å². The highest BCUT2D eigenvalue weighted by molar-refractivity contribution is 7.99. The van der Waals surface area contributed by atoms with Crippen molar-refractivity contribution in [2.45, 2.75) is 18.5 Å². The van der Waals surface area contributed by atoms with Crippen LogP contribution in [-0.2, 0) is 9.53 Å². The van der Waals surface area contributed by atoms with E-state index in [0.717, 1.165) is 16.2 Å². The van der Waals surface area contributed by atoms with Gasteiger partial charge in [-0.05, 0) is 19.1 Å². The second kappa shape index (κ2) is 5.72. The summed E-state index contributed by atoms with van der Waals surface area (Å²) >= 11 is 1.53. The number of aromatic amines is 1. The Morgan fingerprint density at radius 2 is 2.29 bits per heavy atom. The molecule has 0 aliphatic rings. The van der Waals surface area contributed by atoms with Crippen molar-refractivity contribution in [2.75, 3.05) is 12.4 Å². The molecule has 0 saturated heterocycles. The van der Waals surface area contributed by atoms with Crippen LogP contribution in [0.2, 0.25) is 0 Å². The number of hydrogen-bond acceptors (Lipinski definition) is 4. The molecule has 17 heavy (non-hydrogen) atoms. The molecule has 0 atom stereocenters. The number of carbonyl (C=O) groups excluding carboxylic acids is 1. The summed E-state index contributed by atoms with van der Waals surface area (Å²) in [6.45, 7) is 2.25. The SMILES string of the molecule is CCOC(=O)CCSc1nc2ccccc2[nH]1. The zero-order valence-corrected chi connectivity index (χ0v) is 10.4. The fourth-order valence-corrected chi connectivity index (χ4v) is 2.27. The number of benzene rings is 1. The van der Waals surface area contributed by atoms with Gasteiger partial charge in [0.05, 0.1) is 24.1 Å². The molecular weight excluding hydrogens is 236 g/mol. The molecule has 0 unspecified atom stereocenters. The molecule has 5 heteroatoms. The van der Waals surface area contributed by atoms with Crippen LogP contribution in [0.3, 0.4) is 0 Å². The Hall–Kier alpha value is -1.49. The number of nitrogens with one attached hydrogen (secondary N) is 1. The van der Waals surface area contributed by atoms with E-state index in [9.17, 15) is 4.79 Å². The molecular formula is C12H14N2O2S. The summed E-state index contributed by atoms with van der Waals surface area (Å²) in [5, 5.41) is 0.843. The van der Waals surface area contributed by atoms with E-state index in [2.05, 4.69) is 9.97 Å². The molecule has 1 N–H and O–H groups in total. The number of aromatic nitrogens is 2. The first-order valence-corrected chi connectivity index (χ1v) is 6.51. The third kappa shape index (κ3) is 3.23. The van der Waals surface area contributed by atoms with E-state index in [1.165, 1.54) is 11.8 Å². The molecule has 2 rings (SSSR count). The molecule has 90 valence electrons. The van der Waals surface area contributed by atoms with E-state index >= 15 is 0 Å². The molecule has 1 aromatic heterocycles. The van der Waals surface area contributed by atoms with E-state index in [1.54, 1.807) is 0 Å². The number of esters is 1. The number of imidazole rings is 1. The zero-order chi connectivity index (χ0) is 12.1. The highest BCUT2D eigenvalue weighted by Crippen LogP contribution is 2.19. The van der Waals surface area contributed by atoms with Gasteiger partial charge in [-0.25, -0.2) is 4.98 Å². The molecule has 1 heterocycles. The van der Waals surface area contributed by atoms with Gasteiger partial charge >= 0.3 is 5.97 Å². The highest BCUT2D eigenvalue weighted by Gasteiger charge is 2.05. The first kappa shape index (κ1) is 12.0. The average Bonchev–Trinajstić information content (AvgIpc) is 2.71. The Labute approximate surface area is 104 Å². The molecule has 0 bridgehead atoms. The minimum Gasteiger partial charge on any atom is -0.466 e. The first-order valence-electron chi connectivity index (χ1n) is 5.52. The van der Waals surface area contributed by atoms with Gasteiger partial charge in [-0.1, -0.05) is 23.9 Å². The van der Waals surface area contributed by atoms with E-state index in [1.807, 2.05) is 31.2 Å². The van der Waals surface area contributed by atoms with Crippen molar-refractivity contribution in [3.8, 4) is 0 Å². The Morgan fingerprint density at radius 1 is 1.47 bits per heavy atom. The largest absolute Gasteiger partial charge is 0.466 e. The number of carbonyl (C=O) groups is 1. The van der Waals surface area contributed by atoms with Crippen molar-refractivity contribution in [1.29, 1.82) is 0 Å². The molecule has 0 radical (unpaired) electrons. The summed E-state index contributed by atoms with van der Waals surface area (Å²) in [7, 11) is 0. The van der Waals surface area contributed by atoms with Crippen molar-refractivity contribution in [1.82, 2.24) is 9.97 Å². The van der Waals surface area contributed by atoms with Gasteiger partial charge < -0.3 is 9.72 Å². The Bertz CT molecular complexity index is 477. The minimum atomic E-state index is -0.156. The lowest BCUT2D eigenvalue weighted by molar-refractivity contribution is -0.142. The topological polar surface area (TPSA) is 55.0 Å². The van der Waals surface area contributed by atoms with Gasteiger partial charge in [-0.15, -0.1) is 0 Å². The molecule has 0 fully saturated rings. The van der Waals surface area contributed by atoms with Crippen molar-refractivity contribution < 1.29 is 9.53 Å². The molecule has 1 aromatic carbocycles. The monoisotopic (exact) mass is 250 g/mol. The maximum atomic E-state index is 11.1. The van der Waals surface area contributed by atoms with Gasteiger partial charge in [0.15, 0.2) is 5.16 Å². The normalized spacial score (nSPS) is 10.6. The zero-order valence-electron chi connectivity index (χ0n) is 9.60. The Morgan fingerprint density at radius 3 is 3.06 bits per heavy atom. The average molecular weight is 250 g/mol. The number of para-hydroxylation sites is 2.